The standard InChI is InChI=1S/C27H31NO4S2/c1-4-31-20-10-8-18(9-11-20)25-24(27(30)32-12-14-33-5-2)17(3)28-21-15-19(16-22(29)26(21)25)23-7-6-13-34-23/h6-11,13,19,24-25,28H,3-5,12,14-16H2,1-2H3. The van der Waals surface area contributed by atoms with Crippen LogP contribution in [-0.4, -0.2) is 36.5 Å². The van der Waals surface area contributed by atoms with Crippen LogP contribution >= 0.6 is 23.1 Å². The monoisotopic (exact) mass is 497 g/mol. The van der Waals surface area contributed by atoms with Crippen molar-refractivity contribution < 1.29 is 19.1 Å². The molecule has 4 rings (SSSR count). The highest BCUT2D eigenvalue weighted by Crippen LogP contribution is 2.47. The minimum absolute atomic E-state index is 0.0814. The third-order valence-electron chi connectivity index (χ3n) is 6.26. The minimum atomic E-state index is -0.662. The van der Waals surface area contributed by atoms with Gasteiger partial charge in [0.15, 0.2) is 5.78 Å². The molecule has 3 atom stereocenters. The minimum Gasteiger partial charge on any atom is -0.494 e. The lowest BCUT2D eigenvalue weighted by molar-refractivity contribution is -0.147. The molecule has 5 nitrogen and oxygen atoms in total. The van der Waals surface area contributed by atoms with Crippen molar-refractivity contribution in [3.05, 3.63) is 75.8 Å². The second-order valence-electron chi connectivity index (χ2n) is 8.41. The van der Waals surface area contributed by atoms with Crippen LogP contribution < -0.4 is 10.1 Å². The molecule has 0 saturated carbocycles. The van der Waals surface area contributed by atoms with Crippen molar-refractivity contribution in [3.8, 4) is 5.75 Å². The zero-order valence-electron chi connectivity index (χ0n) is 19.7. The Hall–Kier alpha value is -2.51. The van der Waals surface area contributed by atoms with Gasteiger partial charge in [-0.05, 0) is 48.2 Å². The second-order valence-corrected chi connectivity index (χ2v) is 10.8. The van der Waals surface area contributed by atoms with Crippen molar-refractivity contribution in [2.24, 2.45) is 5.92 Å². The molecule has 1 aliphatic heterocycles. The zero-order valence-corrected chi connectivity index (χ0v) is 21.3. The Balaban J connectivity index is 1.69. The Morgan fingerprint density at radius 3 is 2.68 bits per heavy atom. The summed E-state index contributed by atoms with van der Waals surface area (Å²) in [6.45, 7) is 9.14. The number of carbonyl (C=O) groups is 2. The smallest absolute Gasteiger partial charge is 0.315 e. The second kappa shape index (κ2) is 11.3. The van der Waals surface area contributed by atoms with E-state index in [9.17, 15) is 9.59 Å². The molecule has 180 valence electrons. The van der Waals surface area contributed by atoms with Crippen LogP contribution in [-0.2, 0) is 14.3 Å². The van der Waals surface area contributed by atoms with E-state index >= 15 is 0 Å². The van der Waals surface area contributed by atoms with Crippen LogP contribution in [0.3, 0.4) is 0 Å². The molecule has 0 amide bonds. The number of Topliss-reactive ketones (excluding diaryl/α,β-unsaturated/α-hetero) is 1. The number of carbonyl (C=O) groups excluding carboxylic acids is 2. The molecule has 1 aliphatic carbocycles. The molecule has 34 heavy (non-hydrogen) atoms. The predicted molar refractivity (Wildman–Crippen MR) is 138 cm³/mol. The number of nitrogens with one attached hydrogen (secondary N) is 1. The van der Waals surface area contributed by atoms with E-state index in [0.29, 0.717) is 30.9 Å². The van der Waals surface area contributed by atoms with E-state index < -0.39 is 11.8 Å². The SMILES string of the molecule is C=C1NC2=C(C(=O)CC(c3cccs3)C2)C(c2ccc(OCC)cc2)C1C(=O)OCCSCC. The molecule has 0 fully saturated rings. The maximum atomic E-state index is 13.6. The fourth-order valence-corrected chi connectivity index (χ4v) is 6.11. The quantitative estimate of drug-likeness (QED) is 0.356. The van der Waals surface area contributed by atoms with E-state index in [1.54, 1.807) is 23.1 Å². The highest BCUT2D eigenvalue weighted by Gasteiger charge is 2.45. The van der Waals surface area contributed by atoms with Crippen LogP contribution in [0.15, 0.2) is 65.3 Å². The number of ketones is 1. The third-order valence-corrected chi connectivity index (χ3v) is 8.16. The highest BCUT2D eigenvalue weighted by atomic mass is 32.2. The summed E-state index contributed by atoms with van der Waals surface area (Å²) in [4.78, 5) is 28.0. The normalized spacial score (nSPS) is 22.2. The number of allylic oxidation sites excluding steroid dienone is 2. The maximum absolute atomic E-state index is 13.6. The van der Waals surface area contributed by atoms with Crippen LogP contribution in [0.5, 0.6) is 5.75 Å². The van der Waals surface area contributed by atoms with E-state index in [1.165, 1.54) is 4.88 Å². The van der Waals surface area contributed by atoms with Crippen molar-refractivity contribution in [2.45, 2.75) is 38.5 Å². The van der Waals surface area contributed by atoms with Crippen LogP contribution in [0, 0.1) is 5.92 Å². The van der Waals surface area contributed by atoms with Gasteiger partial charge in [-0.15, -0.1) is 11.3 Å². The molecular weight excluding hydrogens is 466 g/mol. The number of hydrogen-bond donors (Lipinski definition) is 1. The number of thiophene rings is 1. The first kappa shape index (κ1) is 24.6. The van der Waals surface area contributed by atoms with Crippen molar-refractivity contribution in [3.63, 3.8) is 0 Å². The first-order chi connectivity index (χ1) is 16.5. The topological polar surface area (TPSA) is 64.6 Å². The number of thioether (sulfide) groups is 1. The molecule has 2 heterocycles. The highest BCUT2D eigenvalue weighted by molar-refractivity contribution is 7.99. The van der Waals surface area contributed by atoms with Gasteiger partial charge in [0.1, 0.15) is 18.3 Å². The van der Waals surface area contributed by atoms with Crippen molar-refractivity contribution >= 4 is 34.9 Å². The van der Waals surface area contributed by atoms with Gasteiger partial charge in [-0.25, -0.2) is 0 Å². The van der Waals surface area contributed by atoms with Gasteiger partial charge >= 0.3 is 5.97 Å². The van der Waals surface area contributed by atoms with Crippen LogP contribution in [0.1, 0.15) is 49.0 Å². The molecule has 1 aromatic heterocycles. The zero-order chi connectivity index (χ0) is 24.1. The summed E-state index contributed by atoms with van der Waals surface area (Å²) in [5.74, 6) is 1.27. The summed E-state index contributed by atoms with van der Waals surface area (Å²) in [7, 11) is 0. The van der Waals surface area contributed by atoms with E-state index in [1.807, 2.05) is 42.6 Å². The van der Waals surface area contributed by atoms with Crippen molar-refractivity contribution in [1.29, 1.82) is 0 Å². The van der Waals surface area contributed by atoms with Gasteiger partial charge in [-0.2, -0.15) is 11.8 Å². The molecule has 7 heteroatoms. The van der Waals surface area contributed by atoms with Gasteiger partial charge in [-0.1, -0.05) is 31.7 Å². The molecule has 1 N–H and O–H groups in total. The molecule has 0 saturated heterocycles. The molecular formula is C27H31NO4S2. The summed E-state index contributed by atoms with van der Waals surface area (Å²) in [6, 6.07) is 11.8. The van der Waals surface area contributed by atoms with Gasteiger partial charge in [-0.3, -0.25) is 9.59 Å². The van der Waals surface area contributed by atoms with Gasteiger partial charge in [0.25, 0.3) is 0 Å². The predicted octanol–water partition coefficient (Wildman–Crippen LogP) is 5.66. The van der Waals surface area contributed by atoms with Crippen molar-refractivity contribution in [2.75, 3.05) is 24.7 Å². The third kappa shape index (κ3) is 5.26. The Bertz CT molecular complexity index is 1060. The average molecular weight is 498 g/mol. The first-order valence-electron chi connectivity index (χ1n) is 11.8. The maximum Gasteiger partial charge on any atom is 0.315 e. The summed E-state index contributed by atoms with van der Waals surface area (Å²) in [5.41, 5.74) is 3.05. The summed E-state index contributed by atoms with van der Waals surface area (Å²) in [5, 5.41) is 5.39. The van der Waals surface area contributed by atoms with Gasteiger partial charge < -0.3 is 14.8 Å². The van der Waals surface area contributed by atoms with Gasteiger partial charge in [0, 0.05) is 45.9 Å². The van der Waals surface area contributed by atoms with E-state index in [0.717, 1.165) is 34.9 Å². The molecule has 1 aromatic carbocycles. The molecule has 0 bridgehead atoms. The van der Waals surface area contributed by atoms with Crippen LogP contribution in [0.2, 0.25) is 0 Å². The average Bonchev–Trinajstić information content (AvgIpc) is 3.37. The summed E-state index contributed by atoms with van der Waals surface area (Å²) < 4.78 is 11.2. The largest absolute Gasteiger partial charge is 0.494 e. The fraction of sp³-hybridized carbons (Fsp3) is 0.407. The molecule has 0 radical (unpaired) electrons. The lowest BCUT2D eigenvalue weighted by Crippen LogP contribution is -2.42. The Labute approximate surface area is 209 Å². The number of rotatable bonds is 9. The summed E-state index contributed by atoms with van der Waals surface area (Å²) in [6.07, 6.45) is 1.17. The van der Waals surface area contributed by atoms with E-state index in [4.69, 9.17) is 9.47 Å². The van der Waals surface area contributed by atoms with E-state index in [-0.39, 0.29) is 17.7 Å². The van der Waals surface area contributed by atoms with Crippen LogP contribution in [0.25, 0.3) is 0 Å². The lowest BCUT2D eigenvalue weighted by atomic mass is 9.69. The molecule has 0 spiro atoms. The first-order valence-corrected chi connectivity index (χ1v) is 13.8. The molecule has 2 aromatic rings. The molecule has 2 aliphatic rings. The number of hydrogen-bond acceptors (Lipinski definition) is 7. The Morgan fingerprint density at radius 2 is 2.00 bits per heavy atom. The number of esters is 1. The van der Waals surface area contributed by atoms with E-state index in [2.05, 4.69) is 24.9 Å². The summed E-state index contributed by atoms with van der Waals surface area (Å²) >= 11 is 3.41. The van der Waals surface area contributed by atoms with Crippen LogP contribution in [0.4, 0.5) is 0 Å². The number of benzene rings is 1. The Kier molecular flexibility index (Phi) is 8.16. The number of ether oxygens (including phenoxy) is 2. The Morgan fingerprint density at radius 1 is 1.21 bits per heavy atom. The van der Waals surface area contributed by atoms with Gasteiger partial charge in [0.2, 0.25) is 0 Å². The fourth-order valence-electron chi connectivity index (χ4n) is 4.79. The van der Waals surface area contributed by atoms with Gasteiger partial charge in [0.05, 0.1) is 6.61 Å². The lowest BCUT2D eigenvalue weighted by Gasteiger charge is -2.40. The van der Waals surface area contributed by atoms with Crippen molar-refractivity contribution in [1.82, 2.24) is 5.32 Å². The molecule has 3 unspecified atom stereocenters.